The largest absolute Gasteiger partial charge is 0.423 e. The predicted octanol–water partition coefficient (Wildman–Crippen LogP) is 4.18. The fourth-order valence-electron chi connectivity index (χ4n) is 2.51. The van der Waals surface area contributed by atoms with Gasteiger partial charge in [-0.3, -0.25) is 4.31 Å². The van der Waals surface area contributed by atoms with Gasteiger partial charge in [0.1, 0.15) is 11.6 Å². The summed E-state index contributed by atoms with van der Waals surface area (Å²) in [6.45, 7) is 1.88. The van der Waals surface area contributed by atoms with Crippen molar-refractivity contribution in [1.82, 2.24) is 0 Å². The third-order valence-corrected chi connectivity index (χ3v) is 5.95. The molecule has 0 fully saturated rings. The van der Waals surface area contributed by atoms with Crippen LogP contribution in [-0.4, -0.2) is 21.4 Å². The number of sulfonamides is 1. The Bertz CT molecular complexity index is 1090. The Morgan fingerprint density at radius 2 is 1.61 bits per heavy atom. The molecule has 0 aliphatic rings. The van der Waals surface area contributed by atoms with E-state index in [2.05, 4.69) is 0 Å². The number of hydrogen-bond acceptors (Lipinski definition) is 4. The molecule has 3 aromatic rings. The van der Waals surface area contributed by atoms with Crippen LogP contribution in [-0.2, 0) is 10.0 Å². The average Bonchev–Trinajstić information content (AvgIpc) is 2.68. The maximum atomic E-state index is 13.2. The Morgan fingerprint density at radius 3 is 2.21 bits per heavy atom. The molecule has 3 aromatic carbocycles. The van der Waals surface area contributed by atoms with Gasteiger partial charge >= 0.3 is 5.97 Å². The second-order valence-electron chi connectivity index (χ2n) is 6.18. The summed E-state index contributed by atoms with van der Waals surface area (Å²) < 4.78 is 44.9. The van der Waals surface area contributed by atoms with Gasteiger partial charge in [0.2, 0.25) is 0 Å². The lowest BCUT2D eigenvalue weighted by molar-refractivity contribution is 0.0734. The highest BCUT2D eigenvalue weighted by Gasteiger charge is 2.21. The monoisotopic (exact) mass is 399 g/mol. The minimum Gasteiger partial charge on any atom is -0.423 e. The molecule has 0 heterocycles. The Labute approximate surface area is 163 Å². The van der Waals surface area contributed by atoms with Crippen LogP contribution in [0.25, 0.3) is 0 Å². The van der Waals surface area contributed by atoms with Crippen molar-refractivity contribution in [2.24, 2.45) is 0 Å². The lowest BCUT2D eigenvalue weighted by atomic mass is 10.2. The summed E-state index contributed by atoms with van der Waals surface area (Å²) in [5, 5.41) is 0. The normalized spacial score (nSPS) is 11.1. The zero-order valence-corrected chi connectivity index (χ0v) is 16.1. The van der Waals surface area contributed by atoms with E-state index in [-0.39, 0.29) is 16.2 Å². The van der Waals surface area contributed by atoms with Crippen LogP contribution in [0.1, 0.15) is 15.9 Å². The smallest absolute Gasteiger partial charge is 0.343 e. The second-order valence-corrected chi connectivity index (χ2v) is 8.15. The minimum atomic E-state index is -3.72. The van der Waals surface area contributed by atoms with Gasteiger partial charge in [-0.25, -0.2) is 17.6 Å². The molecule has 0 saturated carbocycles. The third kappa shape index (κ3) is 4.20. The first kappa shape index (κ1) is 19.6. The highest BCUT2D eigenvalue weighted by Crippen LogP contribution is 2.23. The van der Waals surface area contributed by atoms with Crippen LogP contribution in [0, 0.1) is 12.7 Å². The fraction of sp³-hybridized carbons (Fsp3) is 0.0952. The number of nitrogens with zero attached hydrogens (tertiary/aromatic N) is 1. The molecule has 0 aliphatic heterocycles. The van der Waals surface area contributed by atoms with Crippen molar-refractivity contribution in [3.05, 3.63) is 89.7 Å². The van der Waals surface area contributed by atoms with E-state index in [0.717, 1.165) is 15.9 Å². The van der Waals surface area contributed by atoms with Gasteiger partial charge in [0.05, 0.1) is 16.1 Å². The lowest BCUT2D eigenvalue weighted by Crippen LogP contribution is -2.26. The Morgan fingerprint density at radius 1 is 0.964 bits per heavy atom. The fourth-order valence-corrected chi connectivity index (χ4v) is 3.71. The van der Waals surface area contributed by atoms with Gasteiger partial charge in [-0.05, 0) is 55.5 Å². The van der Waals surface area contributed by atoms with Crippen molar-refractivity contribution in [1.29, 1.82) is 0 Å². The number of halogens is 1. The molecule has 7 heteroatoms. The number of benzene rings is 3. The standard InChI is InChI=1S/C21H18FNO4S/c1-15-6-12-20(13-7-15)28(25,26)23(2)18-10-8-16(9-11-18)21(24)27-19-5-3-4-17(22)14-19/h3-14H,1-2H3. The van der Waals surface area contributed by atoms with Gasteiger partial charge in [-0.1, -0.05) is 23.8 Å². The van der Waals surface area contributed by atoms with Crippen molar-refractivity contribution < 1.29 is 22.3 Å². The number of hydrogen-bond donors (Lipinski definition) is 0. The molecule has 144 valence electrons. The summed E-state index contributed by atoms with van der Waals surface area (Å²) in [7, 11) is -2.28. The van der Waals surface area contributed by atoms with E-state index in [0.29, 0.717) is 5.69 Å². The summed E-state index contributed by atoms with van der Waals surface area (Å²) in [4.78, 5) is 12.4. The summed E-state index contributed by atoms with van der Waals surface area (Å²) in [6.07, 6.45) is 0. The molecular weight excluding hydrogens is 381 g/mol. The van der Waals surface area contributed by atoms with Gasteiger partial charge < -0.3 is 4.74 Å². The second kappa shape index (κ2) is 7.82. The molecule has 0 aromatic heterocycles. The average molecular weight is 399 g/mol. The van der Waals surface area contributed by atoms with Gasteiger partial charge in [-0.15, -0.1) is 0 Å². The first-order chi connectivity index (χ1) is 13.3. The molecule has 28 heavy (non-hydrogen) atoms. The summed E-state index contributed by atoms with van der Waals surface area (Å²) >= 11 is 0. The van der Waals surface area contributed by atoms with Gasteiger partial charge in [0.25, 0.3) is 10.0 Å². The van der Waals surface area contributed by atoms with Crippen LogP contribution >= 0.6 is 0 Å². The van der Waals surface area contributed by atoms with Gasteiger partial charge in [-0.2, -0.15) is 0 Å². The number of anilines is 1. The zero-order valence-electron chi connectivity index (χ0n) is 15.3. The highest BCUT2D eigenvalue weighted by atomic mass is 32.2. The van der Waals surface area contributed by atoms with Crippen LogP contribution in [0.5, 0.6) is 5.75 Å². The number of carbonyl (C=O) groups excluding carboxylic acids is 1. The summed E-state index contributed by atoms with van der Waals surface area (Å²) in [5.74, 6) is -1.09. The van der Waals surface area contributed by atoms with Gasteiger partial charge in [0.15, 0.2) is 0 Å². The number of esters is 1. The predicted molar refractivity (Wildman–Crippen MR) is 105 cm³/mol. The SMILES string of the molecule is Cc1ccc(S(=O)(=O)N(C)c2ccc(C(=O)Oc3cccc(F)c3)cc2)cc1. The van der Waals surface area contributed by atoms with Crippen LogP contribution in [0.2, 0.25) is 0 Å². The molecule has 0 N–H and O–H groups in total. The van der Waals surface area contributed by atoms with Crippen molar-refractivity contribution >= 4 is 21.7 Å². The molecule has 0 aliphatic carbocycles. The molecule has 0 unspecified atom stereocenters. The molecule has 0 spiro atoms. The topological polar surface area (TPSA) is 63.7 Å². The van der Waals surface area contributed by atoms with Crippen molar-refractivity contribution in [2.45, 2.75) is 11.8 Å². The first-order valence-corrected chi connectivity index (χ1v) is 9.85. The van der Waals surface area contributed by atoms with Crippen LogP contribution in [0.15, 0.2) is 77.7 Å². The molecule has 0 amide bonds. The first-order valence-electron chi connectivity index (χ1n) is 8.41. The molecule has 3 rings (SSSR count). The number of aryl methyl sites for hydroxylation is 1. The van der Waals surface area contributed by atoms with Crippen LogP contribution in [0.4, 0.5) is 10.1 Å². The Kier molecular flexibility index (Phi) is 5.46. The maximum absolute atomic E-state index is 13.2. The molecule has 0 atom stereocenters. The quantitative estimate of drug-likeness (QED) is 0.477. The lowest BCUT2D eigenvalue weighted by Gasteiger charge is -2.19. The van der Waals surface area contributed by atoms with Gasteiger partial charge in [0, 0.05) is 13.1 Å². The third-order valence-electron chi connectivity index (χ3n) is 4.15. The van der Waals surface area contributed by atoms with Crippen molar-refractivity contribution in [2.75, 3.05) is 11.4 Å². The molecule has 0 radical (unpaired) electrons. The van der Waals surface area contributed by atoms with E-state index < -0.39 is 21.8 Å². The van der Waals surface area contributed by atoms with Crippen molar-refractivity contribution in [3.8, 4) is 5.75 Å². The van der Waals surface area contributed by atoms with Crippen LogP contribution < -0.4 is 9.04 Å². The van der Waals surface area contributed by atoms with E-state index in [1.807, 2.05) is 6.92 Å². The minimum absolute atomic E-state index is 0.0909. The number of ether oxygens (including phenoxy) is 1. The Balaban J connectivity index is 1.77. The molecule has 0 bridgehead atoms. The summed E-state index contributed by atoms with van der Waals surface area (Å²) in [5.41, 5.74) is 1.57. The van der Waals surface area contributed by atoms with E-state index in [1.165, 1.54) is 49.5 Å². The van der Waals surface area contributed by atoms with Crippen LogP contribution in [0.3, 0.4) is 0 Å². The number of carbonyl (C=O) groups is 1. The van der Waals surface area contributed by atoms with E-state index in [1.54, 1.807) is 24.3 Å². The highest BCUT2D eigenvalue weighted by molar-refractivity contribution is 7.92. The number of rotatable bonds is 5. The van der Waals surface area contributed by atoms with E-state index in [4.69, 9.17) is 4.74 Å². The van der Waals surface area contributed by atoms with E-state index >= 15 is 0 Å². The maximum Gasteiger partial charge on any atom is 0.343 e. The zero-order chi connectivity index (χ0) is 20.3. The molecule has 0 saturated heterocycles. The van der Waals surface area contributed by atoms with E-state index in [9.17, 15) is 17.6 Å². The Hall–Kier alpha value is -3.19. The molecule has 5 nitrogen and oxygen atoms in total. The summed E-state index contributed by atoms with van der Waals surface area (Å²) in [6, 6.07) is 17.7. The molecular formula is C21H18FNO4S. The van der Waals surface area contributed by atoms with Crippen molar-refractivity contribution in [3.63, 3.8) is 0 Å².